The van der Waals surface area contributed by atoms with E-state index in [-0.39, 0.29) is 12.2 Å². The fraction of sp³-hybridized carbons (Fsp3) is 0.103. The van der Waals surface area contributed by atoms with E-state index >= 15 is 0 Å². The highest BCUT2D eigenvalue weighted by Crippen LogP contribution is 2.36. The van der Waals surface area contributed by atoms with Gasteiger partial charge >= 0.3 is 5.97 Å². The number of ether oxygens (including phenoxy) is 1. The van der Waals surface area contributed by atoms with E-state index in [0.717, 1.165) is 39.3 Å². The van der Waals surface area contributed by atoms with Crippen molar-refractivity contribution in [2.24, 2.45) is 4.99 Å². The number of thiazole rings is 1. The summed E-state index contributed by atoms with van der Waals surface area (Å²) in [6.45, 7) is 3.81. The number of aromatic nitrogens is 2. The summed E-state index contributed by atoms with van der Waals surface area (Å²) < 4.78 is 9.87. The zero-order valence-electron chi connectivity index (χ0n) is 25.5. The number of benzene rings is 4. The van der Waals surface area contributed by atoms with Crippen molar-refractivity contribution in [3.05, 3.63) is 169 Å². The van der Waals surface area contributed by atoms with E-state index in [1.165, 1.54) is 11.3 Å². The van der Waals surface area contributed by atoms with Crippen LogP contribution in [0.25, 0.3) is 34.3 Å². The predicted octanol–water partition coefficient (Wildman–Crippen LogP) is 6.92. The van der Waals surface area contributed by atoms with Crippen LogP contribution < -0.4 is 14.9 Å². The highest BCUT2D eigenvalue weighted by Gasteiger charge is 2.33. The van der Waals surface area contributed by atoms with Gasteiger partial charge in [0.1, 0.15) is 0 Å². The summed E-state index contributed by atoms with van der Waals surface area (Å²) in [5.74, 6) is -0.467. The number of carbonyl (C=O) groups is 1. The Labute approximate surface area is 270 Å². The second-order valence-corrected chi connectivity index (χ2v) is 12.0. The van der Waals surface area contributed by atoms with Gasteiger partial charge in [-0.25, -0.2) is 9.79 Å². The molecule has 7 rings (SSSR count). The zero-order chi connectivity index (χ0) is 31.6. The first-order valence-electron chi connectivity index (χ1n) is 15.2. The SMILES string of the molecule is CCOC(=O)C1=C(C)N=c2s/c(=C\c3cc(-c4ccccc4)n(-c4ccccc4)c3-c3ccccc3)c(=O)n2[C@@H]1c1ccccc1. The molecule has 0 aliphatic carbocycles. The van der Waals surface area contributed by atoms with Crippen molar-refractivity contribution in [1.82, 2.24) is 9.13 Å². The fourth-order valence-corrected chi connectivity index (χ4v) is 7.12. The van der Waals surface area contributed by atoms with Crippen LogP contribution in [0.2, 0.25) is 0 Å². The van der Waals surface area contributed by atoms with Crippen LogP contribution in [-0.2, 0) is 9.53 Å². The Bertz CT molecular complexity index is 2250. The van der Waals surface area contributed by atoms with Crippen molar-refractivity contribution in [1.29, 1.82) is 0 Å². The van der Waals surface area contributed by atoms with Crippen molar-refractivity contribution in [3.63, 3.8) is 0 Å². The largest absolute Gasteiger partial charge is 0.463 e. The van der Waals surface area contributed by atoms with Gasteiger partial charge in [0.2, 0.25) is 0 Å². The monoisotopic (exact) mass is 621 g/mol. The number of para-hydroxylation sites is 1. The Morgan fingerprint density at radius 3 is 2.07 bits per heavy atom. The van der Waals surface area contributed by atoms with Crippen LogP contribution in [0.15, 0.2) is 148 Å². The smallest absolute Gasteiger partial charge is 0.338 e. The standard InChI is InChI=1S/C39H31N3O3S/c1-3-45-38(44)34-26(2)40-39-42(36(34)29-20-12-6-13-21-29)37(43)33(46-39)25-30-24-32(27-16-8-4-9-17-27)41(31-22-14-7-15-23-31)35(30)28-18-10-5-11-19-28/h4-25,36H,3H2,1-2H3/b33-25-/t36-/m1/s1. The molecule has 0 unspecified atom stereocenters. The first kappa shape index (κ1) is 29.2. The van der Waals surface area contributed by atoms with Gasteiger partial charge in [-0.15, -0.1) is 0 Å². The van der Waals surface area contributed by atoms with Crippen LogP contribution in [0.4, 0.5) is 0 Å². The molecule has 0 amide bonds. The molecule has 7 heteroatoms. The van der Waals surface area contributed by atoms with Crippen molar-refractivity contribution < 1.29 is 9.53 Å². The van der Waals surface area contributed by atoms with Crippen LogP contribution in [0.1, 0.15) is 31.0 Å². The third-order valence-electron chi connectivity index (χ3n) is 8.08. The topological polar surface area (TPSA) is 65.6 Å². The number of nitrogens with zero attached hydrogens (tertiary/aromatic N) is 3. The van der Waals surface area contributed by atoms with Gasteiger partial charge in [0.15, 0.2) is 4.80 Å². The molecule has 6 aromatic rings. The first-order chi connectivity index (χ1) is 22.5. The summed E-state index contributed by atoms with van der Waals surface area (Å²) in [7, 11) is 0. The number of hydrogen-bond acceptors (Lipinski definition) is 5. The van der Waals surface area contributed by atoms with Crippen LogP contribution in [0, 0.1) is 0 Å². The Kier molecular flexibility index (Phi) is 7.91. The molecule has 1 atom stereocenters. The van der Waals surface area contributed by atoms with Crippen LogP contribution >= 0.6 is 11.3 Å². The van der Waals surface area contributed by atoms with Crippen molar-refractivity contribution in [2.45, 2.75) is 19.9 Å². The Hall–Kier alpha value is -5.53. The van der Waals surface area contributed by atoms with Gasteiger partial charge in [0, 0.05) is 11.3 Å². The molecule has 0 N–H and O–H groups in total. The Morgan fingerprint density at radius 2 is 1.43 bits per heavy atom. The summed E-state index contributed by atoms with van der Waals surface area (Å²) in [5.41, 5.74) is 7.51. The lowest BCUT2D eigenvalue weighted by Crippen LogP contribution is -2.39. The molecule has 4 aromatic carbocycles. The Balaban J connectivity index is 1.51. The predicted molar refractivity (Wildman–Crippen MR) is 183 cm³/mol. The average Bonchev–Trinajstić information content (AvgIpc) is 3.62. The number of allylic oxidation sites excluding steroid dienone is 1. The van der Waals surface area contributed by atoms with E-state index in [1.54, 1.807) is 18.4 Å². The van der Waals surface area contributed by atoms with Gasteiger partial charge in [-0.1, -0.05) is 121 Å². The van der Waals surface area contributed by atoms with Gasteiger partial charge < -0.3 is 9.30 Å². The van der Waals surface area contributed by atoms with Gasteiger partial charge in [0.25, 0.3) is 5.56 Å². The van der Waals surface area contributed by atoms with E-state index < -0.39 is 12.0 Å². The minimum Gasteiger partial charge on any atom is -0.463 e. The lowest BCUT2D eigenvalue weighted by atomic mass is 9.96. The Morgan fingerprint density at radius 1 is 0.848 bits per heavy atom. The maximum Gasteiger partial charge on any atom is 0.338 e. The maximum atomic E-state index is 14.4. The van der Waals surface area contributed by atoms with E-state index in [0.29, 0.717) is 20.6 Å². The van der Waals surface area contributed by atoms with Crippen molar-refractivity contribution >= 4 is 23.4 Å². The zero-order valence-corrected chi connectivity index (χ0v) is 26.3. The fourth-order valence-electron chi connectivity index (χ4n) is 6.08. The minimum absolute atomic E-state index is 0.209. The molecule has 0 saturated carbocycles. The molecule has 226 valence electrons. The molecule has 46 heavy (non-hydrogen) atoms. The summed E-state index contributed by atoms with van der Waals surface area (Å²) in [5, 5.41) is 0. The minimum atomic E-state index is -0.652. The summed E-state index contributed by atoms with van der Waals surface area (Å²) in [4.78, 5) is 33.0. The van der Waals surface area contributed by atoms with E-state index in [9.17, 15) is 9.59 Å². The molecule has 2 aromatic heterocycles. The van der Waals surface area contributed by atoms with E-state index in [1.807, 2.05) is 91.0 Å². The van der Waals surface area contributed by atoms with E-state index in [2.05, 4.69) is 47.0 Å². The molecule has 0 spiro atoms. The van der Waals surface area contributed by atoms with Gasteiger partial charge in [0.05, 0.1) is 39.8 Å². The highest BCUT2D eigenvalue weighted by atomic mass is 32.1. The summed E-state index contributed by atoms with van der Waals surface area (Å²) >= 11 is 1.33. The quantitative estimate of drug-likeness (QED) is 0.182. The molecular formula is C39H31N3O3S. The van der Waals surface area contributed by atoms with Crippen molar-refractivity contribution in [3.8, 4) is 28.2 Å². The van der Waals surface area contributed by atoms with Gasteiger partial charge in [-0.05, 0) is 54.8 Å². The molecule has 1 aliphatic heterocycles. The average molecular weight is 622 g/mol. The van der Waals surface area contributed by atoms with Crippen LogP contribution in [-0.4, -0.2) is 21.7 Å². The summed E-state index contributed by atoms with van der Waals surface area (Å²) in [6.07, 6.45) is 1.96. The second kappa shape index (κ2) is 12.5. The highest BCUT2D eigenvalue weighted by molar-refractivity contribution is 7.07. The number of esters is 1. The number of fused-ring (bicyclic) bond motifs is 1. The molecule has 1 aliphatic rings. The third-order valence-corrected chi connectivity index (χ3v) is 9.06. The molecule has 0 fully saturated rings. The van der Waals surface area contributed by atoms with Crippen molar-refractivity contribution in [2.75, 3.05) is 6.61 Å². The molecule has 0 saturated heterocycles. The molecule has 6 nitrogen and oxygen atoms in total. The first-order valence-corrected chi connectivity index (χ1v) is 16.0. The lowest BCUT2D eigenvalue weighted by molar-refractivity contribution is -0.139. The van der Waals surface area contributed by atoms with Gasteiger partial charge in [-0.2, -0.15) is 0 Å². The number of rotatable bonds is 7. The molecule has 0 bridgehead atoms. The number of carbonyl (C=O) groups excluding carboxylic acids is 1. The normalized spacial score (nSPS) is 14.6. The van der Waals surface area contributed by atoms with Gasteiger partial charge in [-0.3, -0.25) is 9.36 Å². The summed E-state index contributed by atoms with van der Waals surface area (Å²) in [6, 6.07) is 41.8. The third kappa shape index (κ3) is 5.25. The molecule has 0 radical (unpaired) electrons. The van der Waals surface area contributed by atoms with E-state index in [4.69, 9.17) is 9.73 Å². The maximum absolute atomic E-state index is 14.4. The van der Waals surface area contributed by atoms with Crippen LogP contribution in [0.5, 0.6) is 0 Å². The molecule has 3 heterocycles. The lowest BCUT2D eigenvalue weighted by Gasteiger charge is -2.24. The van der Waals surface area contributed by atoms with Crippen LogP contribution in [0.3, 0.4) is 0 Å². The second-order valence-electron chi connectivity index (χ2n) is 10.9. The molecular weight excluding hydrogens is 591 g/mol. The number of hydrogen-bond donors (Lipinski definition) is 0.